The van der Waals surface area contributed by atoms with Crippen LogP contribution in [0.15, 0.2) is 84.9 Å². The second kappa shape index (κ2) is 4.61. The van der Waals surface area contributed by atoms with Crippen LogP contribution in [0.5, 0.6) is 0 Å². The zero-order valence-corrected chi connectivity index (χ0v) is 13.6. The minimum Gasteiger partial charge on any atom is -0.354 e. The van der Waals surface area contributed by atoms with Gasteiger partial charge in [0.2, 0.25) is 0 Å². The average Bonchev–Trinajstić information content (AvgIpc) is 3.02. The van der Waals surface area contributed by atoms with Gasteiger partial charge in [-0.15, -0.1) is 0 Å². The van der Waals surface area contributed by atoms with E-state index in [1.165, 1.54) is 54.1 Å². The van der Waals surface area contributed by atoms with E-state index in [0.717, 1.165) is 0 Å². The minimum absolute atomic E-state index is 1.20. The fraction of sp³-hybridized carbons (Fsp3) is 0. The van der Waals surface area contributed by atoms with Crippen molar-refractivity contribution < 1.29 is 0 Å². The molecule has 6 aromatic rings. The first-order valence-corrected chi connectivity index (χ1v) is 8.62. The van der Waals surface area contributed by atoms with Crippen LogP contribution in [0.1, 0.15) is 0 Å². The molecule has 1 nitrogen and oxygen atoms in total. The van der Waals surface area contributed by atoms with E-state index in [1.807, 2.05) is 0 Å². The summed E-state index contributed by atoms with van der Waals surface area (Å²) in [4.78, 5) is 3.56. The van der Waals surface area contributed by atoms with Crippen LogP contribution in [0.3, 0.4) is 0 Å². The van der Waals surface area contributed by atoms with E-state index in [0.29, 0.717) is 0 Å². The number of rotatable bonds is 0. The van der Waals surface area contributed by atoms with Crippen LogP contribution >= 0.6 is 0 Å². The van der Waals surface area contributed by atoms with Gasteiger partial charge in [0, 0.05) is 21.8 Å². The summed E-state index contributed by atoms with van der Waals surface area (Å²) in [5.41, 5.74) is 2.40. The van der Waals surface area contributed by atoms with E-state index in [2.05, 4.69) is 89.9 Å². The molecule has 0 spiro atoms. The van der Waals surface area contributed by atoms with E-state index in [1.54, 1.807) is 0 Å². The third-order valence-electron chi connectivity index (χ3n) is 5.33. The first kappa shape index (κ1) is 13.0. The van der Waals surface area contributed by atoms with E-state index < -0.39 is 0 Å². The molecule has 5 aromatic carbocycles. The van der Waals surface area contributed by atoms with Crippen molar-refractivity contribution in [2.24, 2.45) is 0 Å². The molecule has 1 heteroatoms. The second-order valence-corrected chi connectivity index (χ2v) is 6.78. The Labute approximate surface area is 144 Å². The van der Waals surface area contributed by atoms with Gasteiger partial charge in [0.1, 0.15) is 0 Å². The van der Waals surface area contributed by atoms with Crippen LogP contribution in [0.25, 0.3) is 54.1 Å². The van der Waals surface area contributed by atoms with Gasteiger partial charge in [0.25, 0.3) is 0 Å². The van der Waals surface area contributed by atoms with Gasteiger partial charge in [-0.25, -0.2) is 0 Å². The summed E-state index contributed by atoms with van der Waals surface area (Å²) in [7, 11) is 0. The van der Waals surface area contributed by atoms with Crippen molar-refractivity contribution >= 4 is 54.1 Å². The van der Waals surface area contributed by atoms with Crippen molar-refractivity contribution in [3.8, 4) is 0 Å². The highest BCUT2D eigenvalue weighted by molar-refractivity contribution is 6.16. The predicted octanol–water partition coefficient (Wildman–Crippen LogP) is 6.78. The van der Waals surface area contributed by atoms with Crippen molar-refractivity contribution in [3.05, 3.63) is 84.9 Å². The Morgan fingerprint density at radius 1 is 0.400 bits per heavy atom. The van der Waals surface area contributed by atoms with Crippen LogP contribution in [0, 0.1) is 0 Å². The summed E-state index contributed by atoms with van der Waals surface area (Å²) in [6.07, 6.45) is 0. The van der Waals surface area contributed by atoms with Crippen molar-refractivity contribution in [2.45, 2.75) is 0 Å². The van der Waals surface area contributed by atoms with Gasteiger partial charge in [0.05, 0.1) is 0 Å². The van der Waals surface area contributed by atoms with E-state index in [-0.39, 0.29) is 0 Å². The smallest absolute Gasteiger partial charge is 0.0471 e. The molecule has 0 aliphatic heterocycles. The summed E-state index contributed by atoms with van der Waals surface area (Å²) >= 11 is 0. The van der Waals surface area contributed by atoms with Crippen molar-refractivity contribution in [2.75, 3.05) is 0 Å². The molecular weight excluding hydrogens is 302 g/mol. The summed E-state index contributed by atoms with van der Waals surface area (Å²) in [6, 6.07) is 30.8. The molecule has 0 aliphatic rings. The largest absolute Gasteiger partial charge is 0.354 e. The summed E-state index contributed by atoms with van der Waals surface area (Å²) < 4.78 is 0. The summed E-state index contributed by atoms with van der Waals surface area (Å²) in [5.74, 6) is 0. The standard InChI is InChI=1S/C24H15N/c1-2-6-19-15(5-1)9-10-16-11-17-13-22-20-7-3-4-8-23(20)25-24(22)14-18(17)12-21(16)19/h1-14,25H. The normalized spacial score (nSPS) is 12.0. The number of fused-ring (bicyclic) bond motifs is 7. The van der Waals surface area contributed by atoms with Crippen LogP contribution in [0.2, 0.25) is 0 Å². The van der Waals surface area contributed by atoms with Gasteiger partial charge in [0.15, 0.2) is 0 Å². The maximum atomic E-state index is 3.56. The molecule has 25 heavy (non-hydrogen) atoms. The molecule has 0 unspecified atom stereocenters. The topological polar surface area (TPSA) is 15.8 Å². The number of nitrogens with one attached hydrogen (secondary N) is 1. The van der Waals surface area contributed by atoms with Gasteiger partial charge in [-0.2, -0.15) is 0 Å². The highest BCUT2D eigenvalue weighted by Crippen LogP contribution is 2.33. The molecule has 1 N–H and O–H groups in total. The lowest BCUT2D eigenvalue weighted by Crippen LogP contribution is -1.80. The molecule has 0 saturated heterocycles. The van der Waals surface area contributed by atoms with Crippen LogP contribution in [-0.4, -0.2) is 4.98 Å². The Hall–Kier alpha value is -3.32. The molecular formula is C24H15N. The molecule has 0 aliphatic carbocycles. The number of aromatic amines is 1. The number of benzene rings is 5. The zero-order valence-electron chi connectivity index (χ0n) is 13.6. The molecule has 0 atom stereocenters. The first-order valence-electron chi connectivity index (χ1n) is 8.62. The molecule has 116 valence electrons. The highest BCUT2D eigenvalue weighted by atomic mass is 14.7. The van der Waals surface area contributed by atoms with Crippen LogP contribution in [-0.2, 0) is 0 Å². The number of hydrogen-bond acceptors (Lipinski definition) is 0. The second-order valence-electron chi connectivity index (χ2n) is 6.78. The van der Waals surface area contributed by atoms with Gasteiger partial charge >= 0.3 is 0 Å². The monoisotopic (exact) mass is 317 g/mol. The predicted molar refractivity (Wildman–Crippen MR) is 108 cm³/mol. The maximum absolute atomic E-state index is 3.56. The van der Waals surface area contributed by atoms with Gasteiger partial charge in [-0.3, -0.25) is 0 Å². The Bertz CT molecular complexity index is 1440. The Balaban J connectivity index is 1.79. The fourth-order valence-corrected chi connectivity index (χ4v) is 4.10. The summed E-state index contributed by atoms with van der Waals surface area (Å²) in [5, 5.41) is 10.4. The third kappa shape index (κ3) is 1.78. The van der Waals surface area contributed by atoms with Gasteiger partial charge in [-0.1, -0.05) is 54.6 Å². The third-order valence-corrected chi connectivity index (χ3v) is 5.33. The molecule has 0 radical (unpaired) electrons. The molecule has 1 aromatic heterocycles. The lowest BCUT2D eigenvalue weighted by atomic mass is 9.97. The number of H-pyrrole nitrogens is 1. The van der Waals surface area contributed by atoms with Crippen molar-refractivity contribution in [3.63, 3.8) is 0 Å². The Morgan fingerprint density at radius 3 is 2.08 bits per heavy atom. The van der Waals surface area contributed by atoms with E-state index in [4.69, 9.17) is 0 Å². The molecule has 6 rings (SSSR count). The number of para-hydroxylation sites is 1. The highest BCUT2D eigenvalue weighted by Gasteiger charge is 2.07. The van der Waals surface area contributed by atoms with E-state index >= 15 is 0 Å². The minimum atomic E-state index is 1.20. The lowest BCUT2D eigenvalue weighted by molar-refractivity contribution is 1.55. The molecule has 0 amide bonds. The average molecular weight is 317 g/mol. The SMILES string of the molecule is c1ccc2c(c1)ccc1cc3cc4c(cc3cc12)[nH]c1ccccc14. The maximum Gasteiger partial charge on any atom is 0.0471 e. The zero-order chi connectivity index (χ0) is 16.4. The van der Waals surface area contributed by atoms with Crippen LogP contribution in [0.4, 0.5) is 0 Å². The summed E-state index contributed by atoms with van der Waals surface area (Å²) in [6.45, 7) is 0. The fourth-order valence-electron chi connectivity index (χ4n) is 4.10. The first-order chi connectivity index (χ1) is 12.4. The van der Waals surface area contributed by atoms with Gasteiger partial charge < -0.3 is 4.98 Å². The lowest BCUT2D eigenvalue weighted by Gasteiger charge is -2.07. The Morgan fingerprint density at radius 2 is 1.12 bits per heavy atom. The van der Waals surface area contributed by atoms with E-state index in [9.17, 15) is 0 Å². The molecule has 0 fully saturated rings. The Kier molecular flexibility index (Phi) is 2.40. The molecule has 1 heterocycles. The number of aromatic nitrogens is 1. The van der Waals surface area contributed by atoms with Crippen LogP contribution < -0.4 is 0 Å². The van der Waals surface area contributed by atoms with Crippen molar-refractivity contribution in [1.82, 2.24) is 4.98 Å². The molecule has 0 bridgehead atoms. The quantitative estimate of drug-likeness (QED) is 0.235. The number of hydrogen-bond donors (Lipinski definition) is 1. The van der Waals surface area contributed by atoms with Gasteiger partial charge in [-0.05, 0) is 62.6 Å². The molecule has 0 saturated carbocycles. The van der Waals surface area contributed by atoms with Crippen molar-refractivity contribution in [1.29, 1.82) is 0 Å².